The molecule has 1 aromatic heterocycles. The molecule has 0 fully saturated rings. The molecule has 2 rings (SSSR count). The molecule has 0 aliphatic carbocycles. The van der Waals surface area contributed by atoms with Crippen molar-refractivity contribution in [2.75, 3.05) is 0 Å². The molecule has 1 heterocycles. The number of nitrogens with one attached hydrogen (secondary N) is 1. The summed E-state index contributed by atoms with van der Waals surface area (Å²) in [6.45, 7) is 5.22. The smallest absolute Gasteiger partial charge is 0.263 e. The molecular weight excluding hydrogens is 282 g/mol. The van der Waals surface area contributed by atoms with Crippen LogP contribution in [0.15, 0.2) is 18.2 Å². The highest BCUT2D eigenvalue weighted by Crippen LogP contribution is 2.21. The van der Waals surface area contributed by atoms with E-state index in [1.54, 1.807) is 13.8 Å². The molecule has 20 heavy (non-hydrogen) atoms. The van der Waals surface area contributed by atoms with E-state index in [4.69, 9.17) is 0 Å². The third-order valence-corrected chi connectivity index (χ3v) is 3.96. The number of aromatic nitrogens is 1. The van der Waals surface area contributed by atoms with Crippen LogP contribution >= 0.6 is 11.3 Å². The molecule has 0 saturated heterocycles. The van der Waals surface area contributed by atoms with E-state index in [0.717, 1.165) is 11.1 Å². The Balaban J connectivity index is 2.17. The van der Waals surface area contributed by atoms with Gasteiger partial charge in [0.1, 0.15) is 16.5 Å². The average molecular weight is 296 g/mol. The van der Waals surface area contributed by atoms with Gasteiger partial charge < -0.3 is 5.32 Å². The number of amides is 1. The quantitative estimate of drug-likeness (QED) is 0.941. The molecule has 0 aliphatic heterocycles. The van der Waals surface area contributed by atoms with Crippen LogP contribution in [0.3, 0.4) is 0 Å². The molecule has 2 aromatic rings. The lowest BCUT2D eigenvalue weighted by atomic mass is 10.1. The normalized spacial score (nSPS) is 12.2. The van der Waals surface area contributed by atoms with Crippen molar-refractivity contribution >= 4 is 17.2 Å². The van der Waals surface area contributed by atoms with E-state index in [0.29, 0.717) is 10.6 Å². The van der Waals surface area contributed by atoms with Crippen molar-refractivity contribution in [2.45, 2.75) is 26.8 Å². The first kappa shape index (κ1) is 14.6. The third kappa shape index (κ3) is 3.01. The number of rotatable bonds is 3. The van der Waals surface area contributed by atoms with Gasteiger partial charge in [-0.15, -0.1) is 11.3 Å². The van der Waals surface area contributed by atoms with E-state index < -0.39 is 17.7 Å². The zero-order valence-electron chi connectivity index (χ0n) is 11.3. The van der Waals surface area contributed by atoms with Crippen molar-refractivity contribution in [1.29, 1.82) is 0 Å². The van der Waals surface area contributed by atoms with E-state index in [9.17, 15) is 13.6 Å². The van der Waals surface area contributed by atoms with Crippen LogP contribution < -0.4 is 5.32 Å². The molecule has 0 bridgehead atoms. The Labute approximate surface area is 119 Å². The predicted molar refractivity (Wildman–Crippen MR) is 73.8 cm³/mol. The molecule has 3 nitrogen and oxygen atoms in total. The molecule has 1 atom stereocenters. The Kier molecular flexibility index (Phi) is 4.13. The van der Waals surface area contributed by atoms with Gasteiger partial charge in [0.2, 0.25) is 0 Å². The first-order chi connectivity index (χ1) is 9.38. The fraction of sp³-hybridized carbons (Fsp3) is 0.286. The van der Waals surface area contributed by atoms with Gasteiger partial charge in [0, 0.05) is 11.6 Å². The molecule has 1 aromatic carbocycles. The summed E-state index contributed by atoms with van der Waals surface area (Å²) in [4.78, 5) is 16.8. The van der Waals surface area contributed by atoms with Crippen molar-refractivity contribution in [3.05, 3.63) is 51.0 Å². The molecule has 0 spiro atoms. The number of nitrogens with zero attached hydrogens (tertiary/aromatic N) is 1. The Hall–Kier alpha value is -1.82. The number of benzene rings is 1. The summed E-state index contributed by atoms with van der Waals surface area (Å²) in [5.41, 5.74) is 0.899. The number of halogens is 2. The number of hydrogen-bond donors (Lipinski definition) is 1. The highest BCUT2D eigenvalue weighted by atomic mass is 32.1. The molecule has 0 aliphatic rings. The minimum Gasteiger partial charge on any atom is -0.345 e. The van der Waals surface area contributed by atoms with E-state index >= 15 is 0 Å². The maximum atomic E-state index is 13.6. The van der Waals surface area contributed by atoms with Crippen molar-refractivity contribution in [2.24, 2.45) is 0 Å². The Bertz CT molecular complexity index is 655. The van der Waals surface area contributed by atoms with Gasteiger partial charge in [-0.05, 0) is 26.8 Å². The van der Waals surface area contributed by atoms with Crippen LogP contribution in [0.1, 0.15) is 38.9 Å². The van der Waals surface area contributed by atoms with Crippen molar-refractivity contribution in [3.63, 3.8) is 0 Å². The van der Waals surface area contributed by atoms with Crippen molar-refractivity contribution in [1.82, 2.24) is 10.3 Å². The molecule has 1 unspecified atom stereocenters. The maximum Gasteiger partial charge on any atom is 0.263 e. The van der Waals surface area contributed by atoms with Crippen LogP contribution in [-0.2, 0) is 0 Å². The molecule has 0 radical (unpaired) electrons. The summed E-state index contributed by atoms with van der Waals surface area (Å²) in [5.74, 6) is -1.61. The number of aryl methyl sites for hydroxylation is 2. The van der Waals surface area contributed by atoms with Crippen molar-refractivity contribution in [3.8, 4) is 0 Å². The Morgan fingerprint density at radius 1 is 1.35 bits per heavy atom. The lowest BCUT2D eigenvalue weighted by Crippen LogP contribution is -2.27. The predicted octanol–water partition coefficient (Wildman–Crippen LogP) is 3.53. The summed E-state index contributed by atoms with van der Waals surface area (Å²) in [6, 6.07) is 2.76. The van der Waals surface area contributed by atoms with Gasteiger partial charge >= 0.3 is 0 Å². The van der Waals surface area contributed by atoms with E-state index in [1.165, 1.54) is 23.5 Å². The second-order valence-corrected chi connectivity index (χ2v) is 5.71. The summed E-state index contributed by atoms with van der Waals surface area (Å²) in [6.07, 6.45) is 0. The summed E-state index contributed by atoms with van der Waals surface area (Å²) < 4.78 is 26.5. The van der Waals surface area contributed by atoms with Crippen LogP contribution in [0.5, 0.6) is 0 Å². The standard InChI is InChI=1S/C14H14F2N2OS/c1-7(11-5-4-10(15)6-12(11)16)18-14(19)13-8(2)17-9(3)20-13/h4-7H,1-3H3,(H,18,19). The van der Waals surface area contributed by atoms with Gasteiger partial charge in [0.05, 0.1) is 16.7 Å². The average Bonchev–Trinajstić information content (AvgIpc) is 2.68. The fourth-order valence-electron chi connectivity index (χ4n) is 1.93. The molecule has 1 N–H and O–H groups in total. The highest BCUT2D eigenvalue weighted by molar-refractivity contribution is 7.13. The summed E-state index contributed by atoms with van der Waals surface area (Å²) >= 11 is 1.29. The van der Waals surface area contributed by atoms with Gasteiger partial charge in [0.15, 0.2) is 0 Å². The van der Waals surface area contributed by atoms with E-state index in [2.05, 4.69) is 10.3 Å². The fourth-order valence-corrected chi connectivity index (χ4v) is 2.76. The van der Waals surface area contributed by atoms with Crippen molar-refractivity contribution < 1.29 is 13.6 Å². The molecule has 1 amide bonds. The zero-order valence-corrected chi connectivity index (χ0v) is 12.1. The molecule has 6 heteroatoms. The third-order valence-electron chi connectivity index (χ3n) is 2.89. The topological polar surface area (TPSA) is 42.0 Å². The molecule has 0 saturated carbocycles. The first-order valence-corrected chi connectivity index (χ1v) is 6.90. The first-order valence-electron chi connectivity index (χ1n) is 6.08. The van der Waals surface area contributed by atoms with Gasteiger partial charge in [-0.3, -0.25) is 4.79 Å². The molecule has 106 valence electrons. The van der Waals surface area contributed by atoms with Crippen LogP contribution in [0, 0.1) is 25.5 Å². The van der Waals surface area contributed by atoms with Crippen LogP contribution in [0.4, 0.5) is 8.78 Å². The SMILES string of the molecule is Cc1nc(C)c(C(=O)NC(C)c2ccc(F)cc2F)s1. The van der Waals surface area contributed by atoms with Gasteiger partial charge in [-0.25, -0.2) is 13.8 Å². The molecular formula is C14H14F2N2OS. The zero-order chi connectivity index (χ0) is 14.9. The number of carbonyl (C=O) groups excluding carboxylic acids is 1. The summed E-state index contributed by atoms with van der Waals surface area (Å²) in [7, 11) is 0. The number of thiazole rings is 1. The summed E-state index contributed by atoms with van der Waals surface area (Å²) in [5, 5.41) is 3.50. The lowest BCUT2D eigenvalue weighted by Gasteiger charge is -2.14. The number of carbonyl (C=O) groups is 1. The van der Waals surface area contributed by atoms with Crippen LogP contribution in [-0.4, -0.2) is 10.9 Å². The second kappa shape index (κ2) is 5.66. The van der Waals surface area contributed by atoms with Crippen LogP contribution in [0.25, 0.3) is 0 Å². The Morgan fingerprint density at radius 2 is 2.05 bits per heavy atom. The van der Waals surface area contributed by atoms with E-state index in [1.807, 2.05) is 6.92 Å². The monoisotopic (exact) mass is 296 g/mol. The van der Waals surface area contributed by atoms with E-state index in [-0.39, 0.29) is 11.5 Å². The Morgan fingerprint density at radius 3 is 2.60 bits per heavy atom. The van der Waals surface area contributed by atoms with Gasteiger partial charge in [0.25, 0.3) is 5.91 Å². The largest absolute Gasteiger partial charge is 0.345 e. The van der Waals surface area contributed by atoms with Gasteiger partial charge in [-0.1, -0.05) is 6.07 Å². The minimum atomic E-state index is -0.671. The van der Waals surface area contributed by atoms with Crippen LogP contribution in [0.2, 0.25) is 0 Å². The maximum absolute atomic E-state index is 13.6. The highest BCUT2D eigenvalue weighted by Gasteiger charge is 2.18. The number of hydrogen-bond acceptors (Lipinski definition) is 3. The minimum absolute atomic E-state index is 0.249. The second-order valence-electron chi connectivity index (χ2n) is 4.51. The lowest BCUT2D eigenvalue weighted by molar-refractivity contribution is 0.0942. The van der Waals surface area contributed by atoms with Gasteiger partial charge in [-0.2, -0.15) is 0 Å².